The number of rotatable bonds is 1. The van der Waals surface area contributed by atoms with Crippen LogP contribution in [-0.2, 0) is 0 Å². The molecule has 0 aliphatic heterocycles. The number of diazo groups is 1. The fourth-order valence-electron chi connectivity index (χ4n) is 1.55. The Morgan fingerprint density at radius 1 is 1.06 bits per heavy atom. The molecule has 0 heterocycles. The Kier molecular flexibility index (Phi) is 2.61. The van der Waals surface area contributed by atoms with Crippen molar-refractivity contribution >= 4 is 11.4 Å². The SMILES string of the molecule is N#[N+]N=C1C=CC=C2C1=CC=CC2=NN=[N-]. The van der Waals surface area contributed by atoms with Crippen molar-refractivity contribution in [3.05, 3.63) is 58.2 Å². The fourth-order valence-corrected chi connectivity index (χ4v) is 1.55. The van der Waals surface area contributed by atoms with Gasteiger partial charge in [-0.2, -0.15) is 0 Å². The molecule has 0 aromatic rings. The number of hydrogen-bond acceptors (Lipinski definition) is 3. The first-order valence-electron chi connectivity index (χ1n) is 4.49. The Hall–Kier alpha value is -2.68. The quantitative estimate of drug-likeness (QED) is 0.371. The van der Waals surface area contributed by atoms with Gasteiger partial charge >= 0.3 is 5.08 Å². The average molecular weight is 210 g/mol. The van der Waals surface area contributed by atoms with Gasteiger partial charge in [-0.25, -0.2) is 0 Å². The van der Waals surface area contributed by atoms with Crippen LogP contribution in [0.25, 0.3) is 10.6 Å². The molecule has 0 N–H and O–H groups in total. The minimum atomic E-state index is 0.523. The maximum atomic E-state index is 8.43. The average Bonchev–Trinajstić information content (AvgIpc) is 2.31. The van der Waals surface area contributed by atoms with Crippen molar-refractivity contribution in [3.63, 3.8) is 0 Å². The van der Waals surface area contributed by atoms with E-state index in [1.807, 2.05) is 12.2 Å². The van der Waals surface area contributed by atoms with Gasteiger partial charge < -0.3 is 10.6 Å². The van der Waals surface area contributed by atoms with E-state index in [-0.39, 0.29) is 0 Å². The van der Waals surface area contributed by atoms with E-state index in [2.05, 4.69) is 20.5 Å². The van der Waals surface area contributed by atoms with Crippen LogP contribution in [0.5, 0.6) is 0 Å². The van der Waals surface area contributed by atoms with Crippen LogP contribution in [-0.4, -0.2) is 11.4 Å². The third-order valence-corrected chi connectivity index (χ3v) is 2.18. The lowest BCUT2D eigenvalue weighted by Crippen LogP contribution is -2.14. The molecule has 6 heteroatoms. The van der Waals surface area contributed by atoms with E-state index in [4.69, 9.17) is 10.9 Å². The number of nitrogens with zero attached hydrogens (tertiary/aromatic N) is 6. The van der Waals surface area contributed by atoms with Gasteiger partial charge in [-0.1, -0.05) is 30.4 Å². The highest BCUT2D eigenvalue weighted by molar-refractivity contribution is 6.25. The van der Waals surface area contributed by atoms with Crippen molar-refractivity contribution in [1.29, 1.82) is 5.39 Å². The van der Waals surface area contributed by atoms with Gasteiger partial charge in [0.15, 0.2) is 10.8 Å². The maximum Gasteiger partial charge on any atom is 0.339 e. The van der Waals surface area contributed by atoms with Crippen LogP contribution in [0.15, 0.2) is 63.0 Å². The van der Waals surface area contributed by atoms with E-state index < -0.39 is 0 Å². The summed E-state index contributed by atoms with van der Waals surface area (Å²) < 4.78 is 0. The van der Waals surface area contributed by atoms with Crippen LogP contribution < -0.4 is 0 Å². The van der Waals surface area contributed by atoms with Gasteiger partial charge in [0.25, 0.3) is 5.39 Å². The van der Waals surface area contributed by atoms with E-state index in [1.54, 1.807) is 24.3 Å². The van der Waals surface area contributed by atoms with Crippen molar-refractivity contribution in [3.8, 4) is 0 Å². The molecule has 2 aliphatic rings. The Bertz CT molecular complexity index is 550. The Balaban J connectivity index is 2.52. The fraction of sp³-hybridized carbons (Fsp3) is 0. The molecule has 0 spiro atoms. The first-order chi connectivity index (χ1) is 7.86. The third kappa shape index (κ3) is 1.62. The first-order valence-corrected chi connectivity index (χ1v) is 4.49. The molecular weight excluding hydrogens is 204 g/mol. The molecule has 6 nitrogen and oxygen atoms in total. The molecule has 0 aromatic carbocycles. The number of fused-ring (bicyclic) bond motifs is 1. The topological polar surface area (TPSA) is 87.5 Å². The Morgan fingerprint density at radius 3 is 2.31 bits per heavy atom. The minimum absolute atomic E-state index is 0.523. The Labute approximate surface area is 91.2 Å². The number of hydrogen-bond donors (Lipinski definition) is 0. The molecule has 2 rings (SSSR count). The number of allylic oxidation sites excluding steroid dienone is 8. The molecule has 0 aromatic heterocycles. The van der Waals surface area contributed by atoms with Gasteiger partial charge in [-0.05, 0) is 17.4 Å². The summed E-state index contributed by atoms with van der Waals surface area (Å²) in [6.45, 7) is 0. The monoisotopic (exact) mass is 210 g/mol. The van der Waals surface area contributed by atoms with Crippen LogP contribution in [0.2, 0.25) is 0 Å². The van der Waals surface area contributed by atoms with E-state index in [0.29, 0.717) is 11.4 Å². The highest BCUT2D eigenvalue weighted by Crippen LogP contribution is 2.23. The van der Waals surface area contributed by atoms with Gasteiger partial charge in [-0.3, -0.25) is 5.22 Å². The van der Waals surface area contributed by atoms with Gasteiger partial charge in [0.05, 0.1) is 0 Å². The maximum absolute atomic E-state index is 8.43. The van der Waals surface area contributed by atoms with Gasteiger partial charge in [0.2, 0.25) is 0 Å². The molecule has 0 radical (unpaired) electrons. The highest BCUT2D eigenvalue weighted by atomic mass is 15.3. The summed E-state index contributed by atoms with van der Waals surface area (Å²) >= 11 is 0. The van der Waals surface area contributed by atoms with Crippen LogP contribution in [0.4, 0.5) is 0 Å². The van der Waals surface area contributed by atoms with Crippen molar-refractivity contribution in [1.82, 2.24) is 0 Å². The molecule has 0 saturated heterocycles. The zero-order chi connectivity index (χ0) is 11.4. The normalized spacial score (nSPS) is 22.4. The predicted octanol–water partition coefficient (Wildman–Crippen LogP) is 2.57. The summed E-state index contributed by atoms with van der Waals surface area (Å²) in [6.07, 6.45) is 10.6. The second-order valence-corrected chi connectivity index (χ2v) is 3.03. The minimum Gasteiger partial charge on any atom is -0.362 e. The zero-order valence-electron chi connectivity index (χ0n) is 8.15. The molecule has 0 atom stereocenters. The largest absolute Gasteiger partial charge is 0.362 e. The van der Waals surface area contributed by atoms with Crippen molar-refractivity contribution in [2.75, 3.05) is 0 Å². The first kappa shape index (κ1) is 9.86. The lowest BCUT2D eigenvalue weighted by atomic mass is 9.89. The lowest BCUT2D eigenvalue weighted by molar-refractivity contribution is 1.21. The summed E-state index contributed by atoms with van der Waals surface area (Å²) in [5.74, 6) is 0. The summed E-state index contributed by atoms with van der Waals surface area (Å²) in [5.41, 5.74) is 11.0. The molecule has 0 bridgehead atoms. The summed E-state index contributed by atoms with van der Waals surface area (Å²) in [7, 11) is 0. The van der Waals surface area contributed by atoms with Gasteiger partial charge in [-0.15, -0.1) is 0 Å². The molecule has 2 aliphatic carbocycles. The van der Waals surface area contributed by atoms with Gasteiger partial charge in [0, 0.05) is 5.57 Å². The molecule has 0 unspecified atom stereocenters. The highest BCUT2D eigenvalue weighted by Gasteiger charge is 2.19. The Morgan fingerprint density at radius 2 is 1.69 bits per heavy atom. The summed E-state index contributed by atoms with van der Waals surface area (Å²) in [6, 6.07) is 0. The molecular formula is C10H6N6. The van der Waals surface area contributed by atoms with Crippen molar-refractivity contribution in [2.24, 2.45) is 15.4 Å². The van der Waals surface area contributed by atoms with Crippen LogP contribution >= 0.6 is 0 Å². The summed E-state index contributed by atoms with van der Waals surface area (Å²) in [4.78, 5) is 0. The summed E-state index contributed by atoms with van der Waals surface area (Å²) in [5, 5.41) is 21.1. The van der Waals surface area contributed by atoms with Crippen molar-refractivity contribution in [2.45, 2.75) is 0 Å². The lowest BCUT2D eigenvalue weighted by Gasteiger charge is -2.18. The molecule has 0 amide bonds. The molecule has 0 saturated carbocycles. The third-order valence-electron chi connectivity index (χ3n) is 2.18. The standard InChI is InChI=1S/C10H6N6/c11-15-13-9-5-1-3-7-8(9)4-2-6-10(7)14-16-12/h1-6H. The van der Waals surface area contributed by atoms with Crippen LogP contribution in [0.3, 0.4) is 0 Å². The van der Waals surface area contributed by atoms with Crippen molar-refractivity contribution < 1.29 is 0 Å². The second kappa shape index (κ2) is 4.23. The van der Waals surface area contributed by atoms with E-state index in [9.17, 15) is 0 Å². The molecule has 16 heavy (non-hydrogen) atoms. The second-order valence-electron chi connectivity index (χ2n) is 3.03. The van der Waals surface area contributed by atoms with Gasteiger partial charge in [0.1, 0.15) is 0 Å². The molecule has 0 fully saturated rings. The van der Waals surface area contributed by atoms with E-state index in [1.165, 1.54) is 0 Å². The zero-order valence-corrected chi connectivity index (χ0v) is 8.15. The molecule has 76 valence electrons. The van der Waals surface area contributed by atoms with E-state index in [0.717, 1.165) is 11.1 Å². The van der Waals surface area contributed by atoms with E-state index >= 15 is 0 Å². The predicted molar refractivity (Wildman–Crippen MR) is 60.2 cm³/mol. The van der Waals surface area contributed by atoms with Crippen LogP contribution in [0.1, 0.15) is 0 Å². The van der Waals surface area contributed by atoms with Crippen LogP contribution in [0, 0.1) is 5.39 Å². The smallest absolute Gasteiger partial charge is 0.339 e.